The summed E-state index contributed by atoms with van der Waals surface area (Å²) in [4.78, 5) is 24.3. The van der Waals surface area contributed by atoms with Crippen LogP contribution in [-0.2, 0) is 4.79 Å². The molecule has 1 aromatic heterocycles. The second kappa shape index (κ2) is 6.57. The molecule has 2 N–H and O–H groups in total. The van der Waals surface area contributed by atoms with Gasteiger partial charge in [0.2, 0.25) is 5.91 Å². The molecule has 2 amide bonds. The number of hydrogen-bond donors (Lipinski definition) is 2. The summed E-state index contributed by atoms with van der Waals surface area (Å²) in [6.45, 7) is 1.49. The Morgan fingerprint density at radius 3 is 2.48 bits per heavy atom. The first kappa shape index (κ1) is 17.3. The second-order valence-corrected chi connectivity index (χ2v) is 6.84. The summed E-state index contributed by atoms with van der Waals surface area (Å²) >= 11 is 0. The molecule has 134 valence electrons. The highest BCUT2D eigenvalue weighted by molar-refractivity contribution is 6.32. The Morgan fingerprint density at radius 2 is 1.89 bits per heavy atom. The van der Waals surface area contributed by atoms with E-state index in [0.717, 1.165) is 35.2 Å². The number of rotatable bonds is 4. The monoisotopic (exact) mass is 358 g/mol. The number of fused-ring (bicyclic) bond motifs is 1. The van der Waals surface area contributed by atoms with E-state index in [2.05, 4.69) is 15.7 Å². The Morgan fingerprint density at radius 1 is 1.19 bits per heavy atom. The van der Waals surface area contributed by atoms with Crippen LogP contribution in [0.25, 0.3) is 16.6 Å². The highest BCUT2D eigenvalue weighted by atomic mass is 16.2. The van der Waals surface area contributed by atoms with Crippen molar-refractivity contribution in [3.8, 4) is 5.69 Å². The van der Waals surface area contributed by atoms with E-state index in [1.807, 2.05) is 24.3 Å². The maximum absolute atomic E-state index is 12.6. The summed E-state index contributed by atoms with van der Waals surface area (Å²) in [7, 11) is 7.38. The summed E-state index contributed by atoms with van der Waals surface area (Å²) in [5, 5.41) is 11.0. The summed E-state index contributed by atoms with van der Waals surface area (Å²) < 4.78 is 1.62. The molecule has 2 radical (unpaired) electrons. The fourth-order valence-corrected chi connectivity index (χ4v) is 3.32. The molecule has 1 fully saturated rings. The van der Waals surface area contributed by atoms with Crippen LogP contribution in [0, 0.1) is 0 Å². The quantitative estimate of drug-likeness (QED) is 0.701. The Bertz CT molecular complexity index is 1050. The number of nitrogens with zero attached hydrogens (tertiary/aromatic N) is 2. The van der Waals surface area contributed by atoms with Crippen LogP contribution < -0.4 is 16.1 Å². The average molecular weight is 358 g/mol. The zero-order valence-electron chi connectivity index (χ0n) is 15.2. The SMILES string of the molecule is [B]c1ccc(-n2nc3cc(NC(C)=O)c(C4CC4)cc3c2C(=O)NC)cc1. The van der Waals surface area contributed by atoms with Gasteiger partial charge in [-0.2, -0.15) is 5.10 Å². The molecule has 27 heavy (non-hydrogen) atoms. The van der Waals surface area contributed by atoms with E-state index in [-0.39, 0.29) is 11.8 Å². The zero-order valence-corrected chi connectivity index (χ0v) is 15.2. The summed E-state index contributed by atoms with van der Waals surface area (Å²) in [6, 6.07) is 11.0. The Hall–Kier alpha value is -3.09. The maximum Gasteiger partial charge on any atom is 0.270 e. The molecule has 1 aliphatic rings. The van der Waals surface area contributed by atoms with Crippen molar-refractivity contribution in [3.05, 3.63) is 47.7 Å². The first-order valence-electron chi connectivity index (χ1n) is 8.90. The van der Waals surface area contributed by atoms with E-state index in [1.165, 1.54) is 6.92 Å². The Labute approximate surface area is 158 Å². The summed E-state index contributed by atoms with van der Waals surface area (Å²) in [6.07, 6.45) is 2.17. The molecule has 7 heteroatoms. The van der Waals surface area contributed by atoms with E-state index in [9.17, 15) is 9.59 Å². The summed E-state index contributed by atoms with van der Waals surface area (Å²) in [5.41, 5.74) is 4.32. The second-order valence-electron chi connectivity index (χ2n) is 6.84. The lowest BCUT2D eigenvalue weighted by Gasteiger charge is -2.10. The smallest absolute Gasteiger partial charge is 0.270 e. The van der Waals surface area contributed by atoms with Crippen LogP contribution in [0.3, 0.4) is 0 Å². The van der Waals surface area contributed by atoms with Gasteiger partial charge in [-0.05, 0) is 48.6 Å². The van der Waals surface area contributed by atoms with Crippen LogP contribution in [0.4, 0.5) is 5.69 Å². The van der Waals surface area contributed by atoms with Gasteiger partial charge in [0.05, 0.1) is 11.2 Å². The topological polar surface area (TPSA) is 76.0 Å². The Balaban J connectivity index is 1.96. The van der Waals surface area contributed by atoms with E-state index in [1.54, 1.807) is 23.9 Å². The minimum absolute atomic E-state index is 0.124. The first-order chi connectivity index (χ1) is 13.0. The third-order valence-electron chi connectivity index (χ3n) is 4.75. The molecule has 0 saturated heterocycles. The molecule has 1 aliphatic carbocycles. The molecule has 4 rings (SSSR count). The van der Waals surface area contributed by atoms with Gasteiger partial charge in [0.25, 0.3) is 5.91 Å². The minimum Gasteiger partial charge on any atom is -0.354 e. The molecule has 0 unspecified atom stereocenters. The van der Waals surface area contributed by atoms with Gasteiger partial charge in [0, 0.05) is 25.0 Å². The molecule has 1 heterocycles. The highest BCUT2D eigenvalue weighted by Gasteiger charge is 2.29. The molecule has 6 nitrogen and oxygen atoms in total. The lowest BCUT2D eigenvalue weighted by Crippen LogP contribution is -2.22. The van der Waals surface area contributed by atoms with Crippen molar-refractivity contribution in [2.45, 2.75) is 25.7 Å². The third kappa shape index (κ3) is 3.21. The van der Waals surface area contributed by atoms with E-state index < -0.39 is 0 Å². The van der Waals surface area contributed by atoms with Crippen molar-refractivity contribution >= 4 is 41.7 Å². The van der Waals surface area contributed by atoms with Crippen LogP contribution in [0.15, 0.2) is 36.4 Å². The van der Waals surface area contributed by atoms with Crippen LogP contribution >= 0.6 is 0 Å². The zero-order chi connectivity index (χ0) is 19.1. The molecule has 0 bridgehead atoms. The molecular formula is C20H19BN4O2. The minimum atomic E-state index is -0.219. The number of nitrogens with one attached hydrogen (secondary N) is 2. The fraction of sp³-hybridized carbons (Fsp3) is 0.250. The molecule has 2 aromatic carbocycles. The number of benzene rings is 2. The van der Waals surface area contributed by atoms with Crippen molar-refractivity contribution in [3.63, 3.8) is 0 Å². The van der Waals surface area contributed by atoms with Crippen molar-refractivity contribution < 1.29 is 9.59 Å². The molecule has 3 aromatic rings. The van der Waals surface area contributed by atoms with Gasteiger partial charge in [0.1, 0.15) is 13.5 Å². The van der Waals surface area contributed by atoms with E-state index >= 15 is 0 Å². The van der Waals surface area contributed by atoms with Gasteiger partial charge >= 0.3 is 0 Å². The number of anilines is 1. The number of aromatic nitrogens is 2. The van der Waals surface area contributed by atoms with Crippen molar-refractivity contribution in [2.75, 3.05) is 12.4 Å². The molecule has 0 aliphatic heterocycles. The van der Waals surface area contributed by atoms with Crippen molar-refractivity contribution in [2.24, 2.45) is 0 Å². The predicted octanol–water partition coefficient (Wildman–Crippen LogP) is 2.01. The van der Waals surface area contributed by atoms with Gasteiger partial charge in [-0.15, -0.1) is 0 Å². The van der Waals surface area contributed by atoms with Crippen molar-refractivity contribution in [1.29, 1.82) is 0 Å². The van der Waals surface area contributed by atoms with Gasteiger partial charge in [-0.25, -0.2) is 4.68 Å². The van der Waals surface area contributed by atoms with Crippen LogP contribution in [-0.4, -0.2) is 36.5 Å². The van der Waals surface area contributed by atoms with Gasteiger partial charge in [-0.3, -0.25) is 9.59 Å². The van der Waals surface area contributed by atoms with Crippen LogP contribution in [0.1, 0.15) is 41.7 Å². The van der Waals surface area contributed by atoms with E-state index in [0.29, 0.717) is 22.6 Å². The van der Waals surface area contributed by atoms with Gasteiger partial charge < -0.3 is 10.6 Å². The van der Waals surface area contributed by atoms with Gasteiger partial charge in [-0.1, -0.05) is 17.6 Å². The van der Waals surface area contributed by atoms with Crippen molar-refractivity contribution in [1.82, 2.24) is 15.1 Å². The predicted molar refractivity (Wildman–Crippen MR) is 106 cm³/mol. The van der Waals surface area contributed by atoms with Gasteiger partial charge in [0.15, 0.2) is 0 Å². The van der Waals surface area contributed by atoms with E-state index in [4.69, 9.17) is 7.85 Å². The number of carbonyl (C=O) groups excluding carboxylic acids is 2. The standard InChI is InChI=1S/C20H19BN4O2/c1-11(26)23-17-10-18-16(9-15(17)12-3-4-12)19(20(27)22-2)25(24-18)14-7-5-13(21)6-8-14/h5-10,12H,3-4H2,1-2H3,(H,22,27)(H,23,26). The maximum atomic E-state index is 12.6. The van der Waals surface area contributed by atoms with Crippen LogP contribution in [0.2, 0.25) is 0 Å². The summed E-state index contributed by atoms with van der Waals surface area (Å²) in [5.74, 6) is 0.0674. The molecule has 0 spiro atoms. The number of carbonyl (C=O) groups is 2. The molecular weight excluding hydrogens is 339 g/mol. The molecule has 1 saturated carbocycles. The Kier molecular flexibility index (Phi) is 4.22. The number of hydrogen-bond acceptors (Lipinski definition) is 3. The third-order valence-corrected chi connectivity index (χ3v) is 4.75. The normalized spacial score (nSPS) is 13.6. The van der Waals surface area contributed by atoms with Crippen LogP contribution in [0.5, 0.6) is 0 Å². The molecule has 0 atom stereocenters. The lowest BCUT2D eigenvalue weighted by molar-refractivity contribution is -0.114. The first-order valence-corrected chi connectivity index (χ1v) is 8.90. The highest BCUT2D eigenvalue weighted by Crippen LogP contribution is 2.45. The fourth-order valence-electron chi connectivity index (χ4n) is 3.32. The average Bonchev–Trinajstić information content (AvgIpc) is 3.41. The lowest BCUT2D eigenvalue weighted by atomic mass is 9.96. The number of amides is 2. The largest absolute Gasteiger partial charge is 0.354 e.